The molecular formula is C78H95BBrF4N11O8. The fourth-order valence-corrected chi connectivity index (χ4v) is 9.76. The van der Waals surface area contributed by atoms with Gasteiger partial charge in [0.1, 0.15) is 47.6 Å². The van der Waals surface area contributed by atoms with Gasteiger partial charge in [-0.05, 0) is 180 Å². The van der Waals surface area contributed by atoms with Crippen LogP contribution in [0.15, 0.2) is 205 Å². The van der Waals surface area contributed by atoms with E-state index in [1.165, 1.54) is 73.5 Å². The van der Waals surface area contributed by atoms with Gasteiger partial charge in [-0.25, -0.2) is 37.1 Å². The third-order valence-corrected chi connectivity index (χ3v) is 15.5. The SMILES string of the molecule is C.C.CC(=O)O.CCCC[C@H](C)c1nc2ccc(-c3ccc(F)cc3)cc2[nH]1.CCCC[C@H](NC(=O)OCc1ccccc1)C(=O)O.NCCC[C@H](N)c1nc2ccc(-c3ccc(F)cc3)cc2[nH]1.Nc1ccc(-c2ccc(F)cc2)cc1N.Nc1ccc(Br)cc1N.OB(O)c1ccc(F)cc1. The van der Waals surface area contributed by atoms with Crippen LogP contribution in [0.3, 0.4) is 0 Å². The van der Waals surface area contributed by atoms with Crippen molar-refractivity contribution in [1.82, 2.24) is 25.3 Å². The first-order valence-electron chi connectivity index (χ1n) is 32.5. The number of imidazole rings is 2. The number of nitrogens with zero attached hydrogens (tertiary/aromatic N) is 2. The number of alkyl carbamates (subject to hydrolysis) is 1. The number of fused-ring (bicyclic) bond motifs is 2. The van der Waals surface area contributed by atoms with Gasteiger partial charge in [0.25, 0.3) is 5.97 Å². The smallest absolute Gasteiger partial charge is 0.481 e. The summed E-state index contributed by atoms with van der Waals surface area (Å²) in [6.45, 7) is 8.23. The van der Waals surface area contributed by atoms with E-state index in [0.717, 1.165) is 116 Å². The fraction of sp³-hybridized carbons (Fsp3) is 0.244. The maximum atomic E-state index is 13.0. The lowest BCUT2D eigenvalue weighted by atomic mass is 9.80. The van der Waals surface area contributed by atoms with Crippen molar-refractivity contribution >= 4 is 91.4 Å². The summed E-state index contributed by atoms with van der Waals surface area (Å²) >= 11 is 3.26. The summed E-state index contributed by atoms with van der Waals surface area (Å²) in [4.78, 5) is 47.4. The second kappa shape index (κ2) is 45.3. The van der Waals surface area contributed by atoms with Crippen LogP contribution in [-0.2, 0) is 20.9 Å². The highest BCUT2D eigenvalue weighted by Crippen LogP contribution is 2.29. The number of hydrogen-bond acceptors (Lipinski definition) is 14. The van der Waals surface area contributed by atoms with Gasteiger partial charge in [-0.3, -0.25) is 4.79 Å². The van der Waals surface area contributed by atoms with E-state index in [1.807, 2.05) is 79.7 Å². The summed E-state index contributed by atoms with van der Waals surface area (Å²) in [7, 11) is -1.51. The molecule has 0 aliphatic rings. The zero-order valence-corrected chi connectivity index (χ0v) is 58.2. The van der Waals surface area contributed by atoms with Crippen LogP contribution >= 0.6 is 15.9 Å². The molecule has 19 nitrogen and oxygen atoms in total. The van der Waals surface area contributed by atoms with Crippen molar-refractivity contribution in [1.29, 1.82) is 0 Å². The third-order valence-electron chi connectivity index (χ3n) is 15.0. The Bertz CT molecular complexity index is 4180. The number of ether oxygens (including phenoxy) is 1. The Morgan fingerprint density at radius 2 is 0.951 bits per heavy atom. The summed E-state index contributed by atoms with van der Waals surface area (Å²) in [6.07, 6.45) is 6.60. The van der Waals surface area contributed by atoms with Gasteiger partial charge < -0.3 is 74.7 Å². The molecular weight excluding hydrogens is 1390 g/mol. The van der Waals surface area contributed by atoms with Crippen molar-refractivity contribution in [2.75, 3.05) is 29.5 Å². The average Bonchev–Trinajstić information content (AvgIpc) is 1.68. The summed E-state index contributed by atoms with van der Waals surface area (Å²) < 4.78 is 56.9. The Labute approximate surface area is 608 Å². The number of aromatic amines is 2. The number of hydrogen-bond donors (Lipinski definition) is 13. The number of nitrogens with two attached hydrogens (primary N) is 6. The maximum absolute atomic E-state index is 13.0. The van der Waals surface area contributed by atoms with Crippen molar-refractivity contribution in [3.63, 3.8) is 0 Å². The summed E-state index contributed by atoms with van der Waals surface area (Å²) in [6, 6.07) is 55.3. The normalized spacial score (nSPS) is 11.0. The molecule has 3 atom stereocenters. The van der Waals surface area contributed by atoms with Gasteiger partial charge in [0, 0.05) is 17.3 Å². The Kier molecular flexibility index (Phi) is 38.1. The molecule has 1 amide bonds. The van der Waals surface area contributed by atoms with E-state index in [9.17, 15) is 27.2 Å². The van der Waals surface area contributed by atoms with Crippen LogP contribution in [0, 0.1) is 23.3 Å². The monoisotopic (exact) mass is 1480 g/mol. The quantitative estimate of drug-likeness (QED) is 0.0203. The number of benzene rings is 9. The van der Waals surface area contributed by atoms with Gasteiger partial charge in [0.15, 0.2) is 0 Å². The number of nitrogens with one attached hydrogen (secondary N) is 3. The Balaban J connectivity index is 0.000000324. The number of aromatic nitrogens is 4. The number of nitrogen functional groups attached to an aromatic ring is 4. The van der Waals surface area contributed by atoms with E-state index in [0.29, 0.717) is 47.1 Å². The Hall–Kier alpha value is -10.6. The van der Waals surface area contributed by atoms with Crippen LogP contribution in [0.25, 0.3) is 55.4 Å². The summed E-state index contributed by atoms with van der Waals surface area (Å²) in [5.41, 5.74) is 47.1. The molecule has 0 aliphatic carbocycles. The number of unbranched alkanes of at least 4 members (excludes halogenated alkanes) is 2. The molecule has 19 N–H and O–H groups in total. The molecule has 0 aliphatic heterocycles. The molecule has 2 heterocycles. The average molecular weight is 1480 g/mol. The van der Waals surface area contributed by atoms with Crippen molar-refractivity contribution < 1.29 is 56.9 Å². The molecule has 0 saturated carbocycles. The number of carbonyl (C=O) groups excluding carboxylic acids is 1. The van der Waals surface area contributed by atoms with E-state index < -0.39 is 31.2 Å². The van der Waals surface area contributed by atoms with Crippen LogP contribution in [0.4, 0.5) is 45.1 Å². The van der Waals surface area contributed by atoms with Crippen molar-refractivity contribution in [2.24, 2.45) is 11.5 Å². The standard InChI is InChI=1S/C19H21FN2.C17H19FN4.C14H19NO4.C12H11FN2.C6H6BFO2.C6H7BrN2.C2H4O2.2CH4/c1-3-4-5-13(2)19-21-17-11-8-15(12-18(17)22-19)14-6-9-16(20)10-7-14;18-13-6-3-11(4-7-13)12-5-8-15-16(10-12)22-17(21-15)14(20)2-1-9-19;1-2-3-9-12(13(16)17)15-14(18)19-10-11-7-5-4-6-8-11;13-10-4-1-8(2-5-10)9-3-6-11(14)12(15)7-9;8-6-3-1-5(2-4-6)7(9)10;7-4-1-2-5(8)6(9)3-4;1-2(3)4;;/h6-13H,3-5H2,1-2H3,(H,21,22);3-8,10,14H,1-2,9,19-20H2,(H,21,22);4-8,12H,2-3,9-10H2,1H3,(H,15,18)(H,16,17);1-7H,14-15H2;1-4,9-10H;1-3H,8-9H2;1H3,(H,3,4);2*1H4/t13-;14-;12-;;;;;;/m000....../s1. The second-order valence-corrected chi connectivity index (χ2v) is 24.0. The van der Waals surface area contributed by atoms with Crippen LogP contribution in [0.2, 0.25) is 0 Å². The number of H-pyrrole nitrogens is 2. The third kappa shape index (κ3) is 30.7. The number of anilines is 4. The highest BCUT2D eigenvalue weighted by Gasteiger charge is 2.20. The lowest BCUT2D eigenvalue weighted by Gasteiger charge is -2.14. The highest BCUT2D eigenvalue weighted by atomic mass is 79.9. The summed E-state index contributed by atoms with van der Waals surface area (Å²) in [5.74, 6) is -0.671. The van der Waals surface area contributed by atoms with Crippen LogP contribution in [-0.4, -0.2) is 77.9 Å². The minimum atomic E-state index is -1.51. The molecule has 11 aromatic rings. The lowest BCUT2D eigenvalue weighted by Crippen LogP contribution is -2.40. The van der Waals surface area contributed by atoms with Gasteiger partial charge in [-0.1, -0.05) is 174 Å². The fourth-order valence-electron chi connectivity index (χ4n) is 9.38. The minimum absolute atomic E-state index is 0. The predicted molar refractivity (Wildman–Crippen MR) is 413 cm³/mol. The van der Waals surface area contributed by atoms with Gasteiger partial charge in [0.2, 0.25) is 0 Å². The number of rotatable bonds is 19. The van der Waals surface area contributed by atoms with Crippen molar-refractivity contribution in [2.45, 2.75) is 119 Å². The molecule has 0 unspecified atom stereocenters. The van der Waals surface area contributed by atoms with Crippen molar-refractivity contribution in [3.05, 3.63) is 245 Å². The van der Waals surface area contributed by atoms with Crippen LogP contribution in [0.5, 0.6) is 0 Å². The Morgan fingerprint density at radius 1 is 0.544 bits per heavy atom. The lowest BCUT2D eigenvalue weighted by molar-refractivity contribution is -0.139. The number of carboxylic acid groups (broad SMARTS) is 2. The van der Waals surface area contributed by atoms with Gasteiger partial charge in [0.05, 0.1) is 50.9 Å². The van der Waals surface area contributed by atoms with E-state index in [1.54, 1.807) is 60.7 Å². The number of halogens is 5. The molecule has 11 rings (SSSR count). The van der Waals surface area contributed by atoms with E-state index in [4.69, 9.17) is 69.2 Å². The molecule has 2 aromatic heterocycles. The molecule has 0 radical (unpaired) electrons. The van der Waals surface area contributed by atoms with E-state index >= 15 is 0 Å². The van der Waals surface area contributed by atoms with Crippen LogP contribution < -0.4 is 45.2 Å². The molecule has 0 spiro atoms. The molecule has 25 heteroatoms. The first-order valence-corrected chi connectivity index (χ1v) is 33.3. The van der Waals surface area contributed by atoms with Crippen LogP contribution in [0.1, 0.15) is 123 Å². The van der Waals surface area contributed by atoms with Gasteiger partial charge >= 0.3 is 19.2 Å². The Morgan fingerprint density at radius 3 is 1.38 bits per heavy atom. The van der Waals surface area contributed by atoms with Crippen molar-refractivity contribution in [3.8, 4) is 33.4 Å². The minimum Gasteiger partial charge on any atom is -0.481 e. The summed E-state index contributed by atoms with van der Waals surface area (Å²) in [5, 5.41) is 35.8. The van der Waals surface area contributed by atoms with Gasteiger partial charge in [-0.2, -0.15) is 0 Å². The molecule has 0 bridgehead atoms. The maximum Gasteiger partial charge on any atom is 0.488 e. The molecule has 548 valence electrons. The second-order valence-electron chi connectivity index (χ2n) is 23.1. The largest absolute Gasteiger partial charge is 0.488 e. The zero-order valence-electron chi connectivity index (χ0n) is 56.6. The number of amides is 1. The predicted octanol–water partition coefficient (Wildman–Crippen LogP) is 16.5. The molecule has 0 fully saturated rings. The number of carboxylic acids is 2. The first-order chi connectivity index (χ1) is 48.3. The van der Waals surface area contributed by atoms with E-state index in [-0.39, 0.29) is 50.8 Å². The number of carbonyl (C=O) groups is 3. The zero-order chi connectivity index (χ0) is 74.0. The topological polar surface area (TPSA) is 367 Å². The number of aliphatic carboxylic acids is 2. The first kappa shape index (κ1) is 86.7. The molecule has 103 heavy (non-hydrogen) atoms. The highest BCUT2D eigenvalue weighted by molar-refractivity contribution is 9.10. The van der Waals surface area contributed by atoms with E-state index in [2.05, 4.69) is 56.1 Å². The molecule has 9 aromatic carbocycles. The molecule has 0 saturated heterocycles. The van der Waals surface area contributed by atoms with Gasteiger partial charge in [-0.15, -0.1) is 0 Å².